The highest BCUT2D eigenvalue weighted by atomic mass is 28.4. The second-order valence-corrected chi connectivity index (χ2v) is 24.6. The Balaban J connectivity index is 1.29. The molecule has 1 saturated carbocycles. The molecule has 11 nitrogen and oxygen atoms in total. The van der Waals surface area contributed by atoms with Crippen LogP contribution in [0.2, 0.25) is 5.04 Å². The molecule has 0 bridgehead atoms. The molecule has 62 heavy (non-hydrogen) atoms. The SMILES string of the molecule is CO[C@@H]1C[C@H](/C=C(\C)[C@@H](OC(=O)[C@@H]2CCCCN2C(=O)OC(C)(C)C)[C@H](C)[C@@H]2C[C@]3(C=C[C@@H](O)CO3)OC(C)(C)O2)CC[C@H]1O[Si](c1ccccc1)(c1ccccc1)C(C)(C)C. The first-order chi connectivity index (χ1) is 29.2. The monoisotopic (exact) mass is 876 g/mol. The van der Waals surface area contributed by atoms with Gasteiger partial charge in [0.15, 0.2) is 11.6 Å². The summed E-state index contributed by atoms with van der Waals surface area (Å²) >= 11 is 0. The van der Waals surface area contributed by atoms with Gasteiger partial charge in [0.1, 0.15) is 17.7 Å². The second-order valence-electron chi connectivity index (χ2n) is 20.4. The molecule has 1 N–H and O–H groups in total. The van der Waals surface area contributed by atoms with Crippen LogP contribution in [-0.4, -0.2) is 104 Å². The zero-order valence-corrected chi connectivity index (χ0v) is 40.1. The Bertz CT molecular complexity index is 1830. The van der Waals surface area contributed by atoms with Crippen LogP contribution in [-0.2, 0) is 37.6 Å². The van der Waals surface area contributed by atoms with Gasteiger partial charge in [0, 0.05) is 26.0 Å². The number of likely N-dealkylation sites (tertiary alicyclic amines) is 1. The van der Waals surface area contributed by atoms with Gasteiger partial charge in [0.25, 0.3) is 8.32 Å². The third-order valence-electron chi connectivity index (χ3n) is 12.9. The van der Waals surface area contributed by atoms with Crippen LogP contribution in [0.25, 0.3) is 0 Å². The normalized spacial score (nSPS) is 29.5. The van der Waals surface area contributed by atoms with Gasteiger partial charge in [-0.1, -0.05) is 101 Å². The fraction of sp³-hybridized carbons (Fsp3) is 0.640. The van der Waals surface area contributed by atoms with Gasteiger partial charge in [-0.3, -0.25) is 4.90 Å². The number of ether oxygens (including phenoxy) is 6. The molecule has 3 aliphatic heterocycles. The number of aliphatic hydroxyl groups is 1. The maximum Gasteiger partial charge on any atom is 0.411 e. The number of amides is 1. The summed E-state index contributed by atoms with van der Waals surface area (Å²) in [6.45, 7) is 20.6. The Kier molecular flexibility index (Phi) is 15.0. The number of carbonyl (C=O) groups excluding carboxylic acids is 2. The lowest BCUT2D eigenvalue weighted by Crippen LogP contribution is -2.68. The van der Waals surface area contributed by atoms with Crippen LogP contribution in [0.1, 0.15) is 114 Å². The van der Waals surface area contributed by atoms with Gasteiger partial charge in [0.2, 0.25) is 0 Å². The van der Waals surface area contributed by atoms with Crippen LogP contribution in [0.4, 0.5) is 4.79 Å². The van der Waals surface area contributed by atoms with Crippen LogP contribution in [0, 0.1) is 11.8 Å². The standard InChI is InChI=1S/C50H73NO10Si/c1-34(30-36-25-26-41(42(31-36)55-11)60-62(48(6,7)8,38-20-14-12-15-21-38)39-22-16-13-17-23-39)44(57-45(53)40-24-18-19-29-51(40)46(54)59-47(3,4)5)35(2)43-32-50(61-49(9,10)58-43)28-27-37(52)33-56-50/h12-17,20-23,27-28,30,35-37,40-44,52H,18-19,24-26,29,31-33H2,1-11H3/b34-30+/t35-,36+,37-,40+,41-,42-,43+,44-,50+/m1/s1. The highest BCUT2D eigenvalue weighted by molar-refractivity contribution is 6.99. The Morgan fingerprint density at radius 3 is 2.15 bits per heavy atom. The molecule has 3 heterocycles. The number of hydrogen-bond donors (Lipinski definition) is 1. The number of hydrogen-bond acceptors (Lipinski definition) is 10. The maximum atomic E-state index is 14.5. The summed E-state index contributed by atoms with van der Waals surface area (Å²) < 4.78 is 45.4. The van der Waals surface area contributed by atoms with E-state index in [1.54, 1.807) is 19.3 Å². The number of nitrogens with zero attached hydrogens (tertiary/aromatic N) is 1. The number of methoxy groups -OCH3 is 1. The lowest BCUT2D eigenvalue weighted by Gasteiger charge is -2.50. The van der Waals surface area contributed by atoms with Gasteiger partial charge in [-0.05, 0) is 113 Å². The van der Waals surface area contributed by atoms with Crippen molar-refractivity contribution in [3.05, 3.63) is 84.5 Å². The number of rotatable bonds is 11. The zero-order chi connectivity index (χ0) is 45.1. The highest BCUT2D eigenvalue weighted by Crippen LogP contribution is 2.44. The summed E-state index contributed by atoms with van der Waals surface area (Å²) in [6.07, 6.45) is 7.76. The first-order valence-electron chi connectivity index (χ1n) is 22.8. The number of carbonyl (C=O) groups is 2. The molecule has 6 rings (SSSR count). The van der Waals surface area contributed by atoms with E-state index >= 15 is 0 Å². The molecule has 1 spiro atoms. The van der Waals surface area contributed by atoms with E-state index in [0.717, 1.165) is 37.7 Å². The molecule has 4 aliphatic rings. The van der Waals surface area contributed by atoms with Gasteiger partial charge in [-0.15, -0.1) is 0 Å². The van der Waals surface area contributed by atoms with Crippen LogP contribution in [0.3, 0.4) is 0 Å². The van der Waals surface area contributed by atoms with Crippen molar-refractivity contribution >= 4 is 30.8 Å². The number of piperidine rings is 1. The maximum absolute atomic E-state index is 14.5. The van der Waals surface area contributed by atoms with E-state index in [2.05, 4.69) is 87.5 Å². The quantitative estimate of drug-likeness (QED) is 0.134. The average molecular weight is 876 g/mol. The Labute approximate surface area is 371 Å². The fourth-order valence-corrected chi connectivity index (χ4v) is 14.8. The van der Waals surface area contributed by atoms with Crippen molar-refractivity contribution in [2.75, 3.05) is 20.3 Å². The zero-order valence-electron chi connectivity index (χ0n) is 39.1. The first-order valence-corrected chi connectivity index (χ1v) is 24.7. The van der Waals surface area contributed by atoms with E-state index in [9.17, 15) is 14.7 Å². The average Bonchev–Trinajstić information content (AvgIpc) is 3.22. The number of allylic oxidation sites excluding steroid dienone is 1. The summed E-state index contributed by atoms with van der Waals surface area (Å²) in [5.41, 5.74) is 0.187. The predicted octanol–water partition coefficient (Wildman–Crippen LogP) is 8.22. The summed E-state index contributed by atoms with van der Waals surface area (Å²) in [6, 6.07) is 20.7. The van der Waals surface area contributed by atoms with E-state index < -0.39 is 61.9 Å². The molecule has 2 saturated heterocycles. The van der Waals surface area contributed by atoms with E-state index in [0.29, 0.717) is 19.4 Å². The molecular formula is C50H73NO10Si. The van der Waals surface area contributed by atoms with Crippen LogP contribution in [0.15, 0.2) is 84.5 Å². The molecule has 2 aromatic carbocycles. The summed E-state index contributed by atoms with van der Waals surface area (Å²) in [5.74, 6) is -2.86. The molecule has 0 unspecified atom stereocenters. The van der Waals surface area contributed by atoms with Crippen molar-refractivity contribution in [3.63, 3.8) is 0 Å². The van der Waals surface area contributed by atoms with Gasteiger partial charge >= 0.3 is 12.1 Å². The molecule has 342 valence electrons. The fourth-order valence-electron chi connectivity index (χ4n) is 10.0. The predicted molar refractivity (Wildman–Crippen MR) is 242 cm³/mol. The lowest BCUT2D eigenvalue weighted by molar-refractivity contribution is -0.393. The van der Waals surface area contributed by atoms with E-state index in [1.165, 1.54) is 15.3 Å². The minimum absolute atomic E-state index is 0.0936. The van der Waals surface area contributed by atoms with Crippen molar-refractivity contribution in [2.24, 2.45) is 11.8 Å². The minimum atomic E-state index is -2.84. The summed E-state index contributed by atoms with van der Waals surface area (Å²) in [5, 5.41) is 12.5. The molecule has 0 aromatic heterocycles. The van der Waals surface area contributed by atoms with E-state index in [4.69, 9.17) is 32.8 Å². The highest BCUT2D eigenvalue weighted by Gasteiger charge is 2.54. The summed E-state index contributed by atoms with van der Waals surface area (Å²) in [7, 11) is -1.06. The molecular weight excluding hydrogens is 803 g/mol. The second kappa shape index (κ2) is 19.4. The largest absolute Gasteiger partial charge is 0.456 e. The third kappa shape index (κ3) is 11.1. The van der Waals surface area contributed by atoms with Gasteiger partial charge in [-0.2, -0.15) is 0 Å². The molecule has 3 fully saturated rings. The van der Waals surface area contributed by atoms with Gasteiger partial charge < -0.3 is 38.0 Å². The van der Waals surface area contributed by atoms with Crippen molar-refractivity contribution in [1.29, 1.82) is 0 Å². The van der Waals surface area contributed by atoms with Crippen molar-refractivity contribution in [1.82, 2.24) is 4.90 Å². The van der Waals surface area contributed by atoms with E-state index in [1.807, 2.05) is 48.5 Å². The lowest BCUT2D eigenvalue weighted by atomic mass is 9.81. The number of aliphatic hydroxyl groups excluding tert-OH is 1. The third-order valence-corrected chi connectivity index (χ3v) is 17.9. The molecule has 0 radical (unpaired) electrons. The van der Waals surface area contributed by atoms with Gasteiger partial charge in [0.05, 0.1) is 31.0 Å². The van der Waals surface area contributed by atoms with Crippen molar-refractivity contribution < 1.29 is 47.5 Å². The summed E-state index contributed by atoms with van der Waals surface area (Å²) in [4.78, 5) is 29.4. The topological polar surface area (TPSA) is 122 Å². The molecule has 2 aromatic rings. The van der Waals surface area contributed by atoms with Crippen LogP contribution >= 0.6 is 0 Å². The van der Waals surface area contributed by atoms with E-state index in [-0.39, 0.29) is 35.7 Å². The van der Waals surface area contributed by atoms with Crippen LogP contribution in [0.5, 0.6) is 0 Å². The minimum Gasteiger partial charge on any atom is -0.456 e. The van der Waals surface area contributed by atoms with Crippen molar-refractivity contribution in [3.8, 4) is 0 Å². The first kappa shape index (κ1) is 48.1. The van der Waals surface area contributed by atoms with Crippen LogP contribution < -0.4 is 10.4 Å². The molecule has 12 heteroatoms. The smallest absolute Gasteiger partial charge is 0.411 e. The Morgan fingerprint density at radius 1 is 0.935 bits per heavy atom. The Morgan fingerprint density at radius 2 is 1.58 bits per heavy atom. The Hall–Kier alpha value is -3.36. The molecule has 1 amide bonds. The molecule has 1 aliphatic carbocycles. The van der Waals surface area contributed by atoms with Crippen molar-refractivity contribution in [2.45, 2.75) is 173 Å². The molecule has 9 atom stereocenters. The number of benzene rings is 2. The van der Waals surface area contributed by atoms with Gasteiger partial charge in [-0.25, -0.2) is 9.59 Å². The number of esters is 1.